The maximum absolute atomic E-state index is 12.3. The van der Waals surface area contributed by atoms with Crippen molar-refractivity contribution >= 4 is 11.9 Å². The molecule has 1 aliphatic rings. The van der Waals surface area contributed by atoms with Crippen molar-refractivity contribution < 1.29 is 14.3 Å². The number of amides is 3. The standard InChI is InChI=1S/C15H25N3O3/c1-5-12(11(3)4)16-15(20)17-13(6-2)14(19)18-7-9-21-10-8-18/h1,11-13H,6-10H2,2-4H3,(H2,16,17,20)/t12-,13+/m0/s1. The van der Waals surface area contributed by atoms with Crippen LogP contribution in [0.3, 0.4) is 0 Å². The number of morpholine rings is 1. The van der Waals surface area contributed by atoms with Gasteiger partial charge in [0.15, 0.2) is 0 Å². The second kappa shape index (κ2) is 8.53. The molecule has 0 aromatic rings. The highest BCUT2D eigenvalue weighted by atomic mass is 16.5. The van der Waals surface area contributed by atoms with E-state index in [2.05, 4.69) is 16.6 Å². The largest absolute Gasteiger partial charge is 0.378 e. The van der Waals surface area contributed by atoms with Crippen molar-refractivity contribution in [3.63, 3.8) is 0 Å². The SMILES string of the molecule is C#C[C@H](NC(=O)N[C@H](CC)C(=O)N1CCOCC1)C(C)C. The first-order valence-corrected chi connectivity index (χ1v) is 7.39. The number of hydrogen-bond donors (Lipinski definition) is 2. The van der Waals surface area contributed by atoms with E-state index in [-0.39, 0.29) is 17.9 Å². The number of urea groups is 1. The van der Waals surface area contributed by atoms with Crippen LogP contribution in [0.15, 0.2) is 0 Å². The first kappa shape index (κ1) is 17.3. The Morgan fingerprint density at radius 3 is 2.38 bits per heavy atom. The zero-order chi connectivity index (χ0) is 15.8. The lowest BCUT2D eigenvalue weighted by Gasteiger charge is -2.30. The van der Waals surface area contributed by atoms with Gasteiger partial charge in [-0.05, 0) is 12.3 Å². The van der Waals surface area contributed by atoms with Crippen LogP contribution in [-0.2, 0) is 9.53 Å². The minimum Gasteiger partial charge on any atom is -0.378 e. The molecule has 3 amide bonds. The fourth-order valence-electron chi connectivity index (χ4n) is 2.08. The smallest absolute Gasteiger partial charge is 0.316 e. The van der Waals surface area contributed by atoms with E-state index in [1.165, 1.54) is 0 Å². The van der Waals surface area contributed by atoms with Crippen LogP contribution in [0.25, 0.3) is 0 Å². The third-order valence-corrected chi connectivity index (χ3v) is 3.47. The van der Waals surface area contributed by atoms with Crippen LogP contribution in [0.2, 0.25) is 0 Å². The number of nitrogens with one attached hydrogen (secondary N) is 2. The molecular formula is C15H25N3O3. The minimum atomic E-state index is -0.534. The molecule has 2 atom stereocenters. The van der Waals surface area contributed by atoms with Crippen molar-refractivity contribution in [3.05, 3.63) is 0 Å². The molecule has 0 saturated carbocycles. The van der Waals surface area contributed by atoms with Crippen molar-refractivity contribution in [1.29, 1.82) is 0 Å². The van der Waals surface area contributed by atoms with E-state index in [0.717, 1.165) is 0 Å². The summed E-state index contributed by atoms with van der Waals surface area (Å²) in [7, 11) is 0. The summed E-state index contributed by atoms with van der Waals surface area (Å²) in [5, 5.41) is 5.41. The highest BCUT2D eigenvalue weighted by Gasteiger charge is 2.26. The van der Waals surface area contributed by atoms with E-state index >= 15 is 0 Å². The Kier molecular flexibility index (Phi) is 7.03. The van der Waals surface area contributed by atoms with Gasteiger partial charge in [0, 0.05) is 13.1 Å². The topological polar surface area (TPSA) is 70.7 Å². The summed E-state index contributed by atoms with van der Waals surface area (Å²) in [4.78, 5) is 26.0. The maximum atomic E-state index is 12.3. The number of nitrogens with zero attached hydrogens (tertiary/aromatic N) is 1. The predicted molar refractivity (Wildman–Crippen MR) is 80.6 cm³/mol. The number of hydrogen-bond acceptors (Lipinski definition) is 3. The van der Waals surface area contributed by atoms with Gasteiger partial charge in [0.2, 0.25) is 5.91 Å². The second-order valence-corrected chi connectivity index (χ2v) is 5.40. The van der Waals surface area contributed by atoms with Crippen LogP contribution >= 0.6 is 0 Å². The van der Waals surface area contributed by atoms with E-state index in [1.54, 1.807) is 4.90 Å². The lowest BCUT2D eigenvalue weighted by molar-refractivity contribution is -0.137. The van der Waals surface area contributed by atoms with Crippen molar-refractivity contribution in [1.82, 2.24) is 15.5 Å². The van der Waals surface area contributed by atoms with Crippen LogP contribution in [-0.4, -0.2) is 55.2 Å². The molecule has 6 heteroatoms. The van der Waals surface area contributed by atoms with Crippen molar-refractivity contribution in [2.45, 2.75) is 39.3 Å². The molecule has 1 saturated heterocycles. The van der Waals surface area contributed by atoms with Gasteiger partial charge in [-0.3, -0.25) is 4.79 Å². The first-order chi connectivity index (χ1) is 9.99. The molecule has 1 fully saturated rings. The Labute approximate surface area is 126 Å². The molecule has 2 N–H and O–H groups in total. The van der Waals surface area contributed by atoms with Crippen LogP contribution in [0.5, 0.6) is 0 Å². The molecule has 0 bridgehead atoms. The quantitative estimate of drug-likeness (QED) is 0.729. The van der Waals surface area contributed by atoms with Crippen LogP contribution < -0.4 is 10.6 Å². The fourth-order valence-corrected chi connectivity index (χ4v) is 2.08. The summed E-state index contributed by atoms with van der Waals surface area (Å²) in [6.07, 6.45) is 5.91. The van der Waals surface area contributed by atoms with Crippen LogP contribution in [0.4, 0.5) is 4.79 Å². The average Bonchev–Trinajstić information content (AvgIpc) is 2.50. The zero-order valence-corrected chi connectivity index (χ0v) is 13.0. The highest BCUT2D eigenvalue weighted by Crippen LogP contribution is 2.04. The highest BCUT2D eigenvalue weighted by molar-refractivity contribution is 5.87. The van der Waals surface area contributed by atoms with Gasteiger partial charge in [-0.2, -0.15) is 0 Å². The van der Waals surface area contributed by atoms with E-state index in [0.29, 0.717) is 32.7 Å². The minimum absolute atomic E-state index is 0.0715. The molecule has 6 nitrogen and oxygen atoms in total. The number of ether oxygens (including phenoxy) is 1. The third kappa shape index (κ3) is 5.27. The molecule has 1 heterocycles. The molecule has 0 aliphatic carbocycles. The van der Waals surface area contributed by atoms with Gasteiger partial charge in [-0.25, -0.2) is 4.79 Å². The molecule has 0 radical (unpaired) electrons. The Balaban J connectivity index is 2.54. The summed E-state index contributed by atoms with van der Waals surface area (Å²) in [6, 6.07) is -1.28. The van der Waals surface area contributed by atoms with Gasteiger partial charge in [-0.1, -0.05) is 26.7 Å². The molecule has 0 aromatic carbocycles. The molecule has 118 valence electrons. The van der Waals surface area contributed by atoms with Gasteiger partial charge in [0.25, 0.3) is 0 Å². The number of rotatable bonds is 5. The monoisotopic (exact) mass is 295 g/mol. The van der Waals surface area contributed by atoms with Gasteiger partial charge in [0.1, 0.15) is 6.04 Å². The van der Waals surface area contributed by atoms with Gasteiger partial charge in [-0.15, -0.1) is 6.42 Å². The summed E-state index contributed by atoms with van der Waals surface area (Å²) in [6.45, 7) is 7.95. The normalized spacial score (nSPS) is 17.8. The zero-order valence-electron chi connectivity index (χ0n) is 13.0. The molecule has 1 aliphatic heterocycles. The first-order valence-electron chi connectivity index (χ1n) is 7.39. The Morgan fingerprint density at radius 1 is 1.29 bits per heavy atom. The van der Waals surface area contributed by atoms with Crippen LogP contribution in [0.1, 0.15) is 27.2 Å². The fraction of sp³-hybridized carbons (Fsp3) is 0.733. The summed E-state index contributed by atoms with van der Waals surface area (Å²) < 4.78 is 5.22. The average molecular weight is 295 g/mol. The van der Waals surface area contributed by atoms with Crippen LogP contribution in [0, 0.1) is 18.3 Å². The molecule has 0 unspecified atom stereocenters. The molecule has 0 spiro atoms. The van der Waals surface area contributed by atoms with E-state index < -0.39 is 12.1 Å². The summed E-state index contributed by atoms with van der Waals surface area (Å²) in [5.41, 5.74) is 0. The van der Waals surface area contributed by atoms with Gasteiger partial charge >= 0.3 is 6.03 Å². The molecule has 0 aromatic heterocycles. The van der Waals surface area contributed by atoms with Crippen molar-refractivity contribution in [3.8, 4) is 12.3 Å². The van der Waals surface area contributed by atoms with E-state index in [4.69, 9.17) is 11.2 Å². The lowest BCUT2D eigenvalue weighted by Crippen LogP contribution is -2.54. The number of carbonyl (C=O) groups is 2. The van der Waals surface area contributed by atoms with Crippen molar-refractivity contribution in [2.24, 2.45) is 5.92 Å². The van der Waals surface area contributed by atoms with E-state index in [1.807, 2.05) is 20.8 Å². The second-order valence-electron chi connectivity index (χ2n) is 5.40. The molecule has 1 rings (SSSR count). The van der Waals surface area contributed by atoms with E-state index in [9.17, 15) is 9.59 Å². The Hall–Kier alpha value is -1.74. The Morgan fingerprint density at radius 2 is 1.90 bits per heavy atom. The van der Waals surface area contributed by atoms with Gasteiger partial charge in [0.05, 0.1) is 19.3 Å². The third-order valence-electron chi connectivity index (χ3n) is 3.47. The lowest BCUT2D eigenvalue weighted by atomic mass is 10.1. The van der Waals surface area contributed by atoms with Crippen molar-refractivity contribution in [2.75, 3.05) is 26.3 Å². The number of carbonyl (C=O) groups excluding carboxylic acids is 2. The predicted octanol–water partition coefficient (Wildman–Crippen LogP) is 0.581. The maximum Gasteiger partial charge on any atom is 0.316 e. The van der Waals surface area contributed by atoms with Gasteiger partial charge < -0.3 is 20.3 Å². The molecular weight excluding hydrogens is 270 g/mol. The molecule has 21 heavy (non-hydrogen) atoms. The Bertz CT molecular complexity index is 397. The summed E-state index contributed by atoms with van der Waals surface area (Å²) >= 11 is 0. The number of terminal acetylenes is 1. The summed E-state index contributed by atoms with van der Waals surface area (Å²) in [5.74, 6) is 2.60.